The molecule has 0 aliphatic carbocycles. The number of aromatic nitrogens is 2. The Morgan fingerprint density at radius 2 is 1.56 bits per heavy atom. The molecule has 0 saturated heterocycles. The first-order chi connectivity index (χ1) is 8.58. The topological polar surface area (TPSA) is 52.1 Å². The summed E-state index contributed by atoms with van der Waals surface area (Å²) in [5, 5.41) is -0.442. The van der Waals surface area contributed by atoms with Gasteiger partial charge in [-0.25, -0.2) is 14.8 Å². The van der Waals surface area contributed by atoms with Gasteiger partial charge in [0.2, 0.25) is 5.28 Å². The maximum atomic E-state index is 11.9. The van der Waals surface area contributed by atoms with Crippen molar-refractivity contribution in [1.29, 1.82) is 0 Å². The maximum Gasteiger partial charge on any atom is 0.349 e. The van der Waals surface area contributed by atoms with Gasteiger partial charge in [0.25, 0.3) is 0 Å². The Morgan fingerprint density at radius 1 is 1.00 bits per heavy atom. The molecule has 1 aromatic carbocycles. The third-order valence-corrected chi connectivity index (χ3v) is 2.67. The molecule has 4 nitrogen and oxygen atoms in total. The number of nitrogens with zero attached hydrogens (tertiary/aromatic N) is 2. The summed E-state index contributed by atoms with van der Waals surface area (Å²) in [5.41, 5.74) is -0.119. The molecule has 1 heterocycles. The van der Waals surface area contributed by atoms with Crippen molar-refractivity contribution in [3.8, 4) is 5.75 Å². The Bertz CT molecular complexity index is 567. The number of para-hydroxylation sites is 1. The number of rotatable bonds is 2. The highest BCUT2D eigenvalue weighted by atomic mass is 35.5. The standard InChI is InChI=1S/C11H5Cl3N2O2/c12-8-7(9(13)16-11(14)15-8)10(17)18-6-4-2-1-3-5-6/h1-5H. The minimum Gasteiger partial charge on any atom is -0.423 e. The Labute approximate surface area is 117 Å². The van der Waals surface area contributed by atoms with E-state index in [1.165, 1.54) is 0 Å². The van der Waals surface area contributed by atoms with Gasteiger partial charge in [0, 0.05) is 0 Å². The Balaban J connectivity index is 2.30. The van der Waals surface area contributed by atoms with Crippen LogP contribution >= 0.6 is 34.8 Å². The van der Waals surface area contributed by atoms with Crippen LogP contribution in [0, 0.1) is 0 Å². The molecule has 2 rings (SSSR count). The molecule has 92 valence electrons. The summed E-state index contributed by atoms with van der Waals surface area (Å²) in [6.45, 7) is 0. The summed E-state index contributed by atoms with van der Waals surface area (Å²) < 4.78 is 5.07. The molecular weight excluding hydrogens is 298 g/mol. The van der Waals surface area contributed by atoms with Crippen molar-refractivity contribution in [3.63, 3.8) is 0 Å². The maximum absolute atomic E-state index is 11.9. The molecule has 18 heavy (non-hydrogen) atoms. The van der Waals surface area contributed by atoms with Crippen molar-refractivity contribution in [2.75, 3.05) is 0 Å². The first-order valence-electron chi connectivity index (χ1n) is 4.73. The normalized spacial score (nSPS) is 10.2. The van der Waals surface area contributed by atoms with Gasteiger partial charge in [0.1, 0.15) is 21.6 Å². The van der Waals surface area contributed by atoms with E-state index in [4.69, 9.17) is 39.5 Å². The van der Waals surface area contributed by atoms with Crippen LogP contribution in [0.3, 0.4) is 0 Å². The smallest absolute Gasteiger partial charge is 0.349 e. The molecule has 2 aromatic rings. The molecule has 0 fully saturated rings. The molecule has 0 spiro atoms. The zero-order valence-electron chi connectivity index (χ0n) is 8.73. The average Bonchev–Trinajstić information content (AvgIpc) is 2.28. The largest absolute Gasteiger partial charge is 0.423 e. The molecule has 0 radical (unpaired) electrons. The molecule has 0 aliphatic heterocycles. The molecule has 0 unspecified atom stereocenters. The summed E-state index contributed by atoms with van der Waals surface area (Å²) in [6.07, 6.45) is 0. The van der Waals surface area contributed by atoms with Gasteiger partial charge in [0.15, 0.2) is 0 Å². The number of esters is 1. The molecular formula is C11H5Cl3N2O2. The summed E-state index contributed by atoms with van der Waals surface area (Å²) in [5.74, 6) is -0.377. The lowest BCUT2D eigenvalue weighted by atomic mass is 10.3. The van der Waals surface area contributed by atoms with Gasteiger partial charge in [-0.05, 0) is 23.7 Å². The molecule has 0 bridgehead atoms. The summed E-state index contributed by atoms with van der Waals surface area (Å²) in [7, 11) is 0. The fraction of sp³-hybridized carbons (Fsp3) is 0. The monoisotopic (exact) mass is 302 g/mol. The molecule has 0 N–H and O–H groups in total. The third kappa shape index (κ3) is 2.90. The van der Waals surface area contributed by atoms with Crippen LogP contribution in [0.2, 0.25) is 15.6 Å². The second-order valence-electron chi connectivity index (χ2n) is 3.15. The van der Waals surface area contributed by atoms with E-state index in [0.29, 0.717) is 5.75 Å². The lowest BCUT2D eigenvalue weighted by Crippen LogP contribution is -2.11. The van der Waals surface area contributed by atoms with Crippen molar-refractivity contribution in [1.82, 2.24) is 9.97 Å². The molecule has 0 aliphatic rings. The first-order valence-corrected chi connectivity index (χ1v) is 5.87. The van der Waals surface area contributed by atoms with Crippen LogP contribution in [-0.2, 0) is 0 Å². The highest BCUT2D eigenvalue weighted by Crippen LogP contribution is 2.24. The van der Waals surface area contributed by atoms with Crippen molar-refractivity contribution in [3.05, 3.63) is 51.5 Å². The van der Waals surface area contributed by atoms with E-state index in [0.717, 1.165) is 0 Å². The van der Waals surface area contributed by atoms with Crippen LogP contribution in [0.15, 0.2) is 30.3 Å². The summed E-state index contributed by atoms with van der Waals surface area (Å²) in [4.78, 5) is 19.1. The number of hydrogen-bond acceptors (Lipinski definition) is 4. The number of carbonyl (C=O) groups excluding carboxylic acids is 1. The molecule has 0 atom stereocenters. The van der Waals surface area contributed by atoms with Gasteiger partial charge in [-0.3, -0.25) is 0 Å². The second kappa shape index (κ2) is 5.52. The average molecular weight is 304 g/mol. The number of hydrogen-bond donors (Lipinski definition) is 0. The van der Waals surface area contributed by atoms with Crippen molar-refractivity contribution in [2.45, 2.75) is 0 Å². The quantitative estimate of drug-likeness (QED) is 0.368. The Hall–Kier alpha value is -1.36. The minimum absolute atomic E-state index is 0.119. The van der Waals surface area contributed by atoms with Gasteiger partial charge in [0.05, 0.1) is 0 Å². The lowest BCUT2D eigenvalue weighted by molar-refractivity contribution is 0.0734. The Morgan fingerprint density at radius 3 is 2.11 bits per heavy atom. The van der Waals surface area contributed by atoms with Crippen LogP contribution in [0.5, 0.6) is 5.75 Å². The van der Waals surface area contributed by atoms with Crippen LogP contribution in [-0.4, -0.2) is 15.9 Å². The Kier molecular flexibility index (Phi) is 4.01. The zero-order valence-corrected chi connectivity index (χ0v) is 11.0. The highest BCUT2D eigenvalue weighted by molar-refractivity contribution is 6.39. The van der Waals surface area contributed by atoms with Crippen molar-refractivity contribution >= 4 is 40.8 Å². The van der Waals surface area contributed by atoms with Gasteiger partial charge < -0.3 is 4.74 Å². The summed E-state index contributed by atoms with van der Waals surface area (Å²) in [6, 6.07) is 8.49. The van der Waals surface area contributed by atoms with Crippen LogP contribution in [0.25, 0.3) is 0 Å². The van der Waals surface area contributed by atoms with Gasteiger partial charge in [-0.2, -0.15) is 0 Å². The van der Waals surface area contributed by atoms with Crippen LogP contribution < -0.4 is 4.74 Å². The molecule has 0 amide bonds. The van der Waals surface area contributed by atoms with Crippen LogP contribution in [0.1, 0.15) is 10.4 Å². The lowest BCUT2D eigenvalue weighted by Gasteiger charge is -2.06. The fourth-order valence-corrected chi connectivity index (χ4v) is 2.00. The summed E-state index contributed by atoms with van der Waals surface area (Å²) >= 11 is 17.1. The second-order valence-corrected chi connectivity index (χ2v) is 4.21. The third-order valence-electron chi connectivity index (χ3n) is 1.95. The van der Waals surface area contributed by atoms with E-state index in [2.05, 4.69) is 9.97 Å². The molecule has 1 aromatic heterocycles. The van der Waals surface area contributed by atoms with E-state index in [1.54, 1.807) is 30.3 Å². The van der Waals surface area contributed by atoms with E-state index < -0.39 is 5.97 Å². The van der Waals surface area contributed by atoms with Gasteiger partial charge >= 0.3 is 5.97 Å². The van der Waals surface area contributed by atoms with E-state index >= 15 is 0 Å². The molecule has 0 saturated carbocycles. The zero-order chi connectivity index (χ0) is 13.1. The first kappa shape index (κ1) is 13.1. The highest BCUT2D eigenvalue weighted by Gasteiger charge is 2.20. The van der Waals surface area contributed by atoms with E-state index in [1.807, 2.05) is 0 Å². The van der Waals surface area contributed by atoms with Gasteiger partial charge in [-0.1, -0.05) is 41.4 Å². The molecule has 7 heteroatoms. The number of benzene rings is 1. The van der Waals surface area contributed by atoms with Gasteiger partial charge in [-0.15, -0.1) is 0 Å². The fourth-order valence-electron chi connectivity index (χ4n) is 1.20. The van der Waals surface area contributed by atoms with Crippen molar-refractivity contribution < 1.29 is 9.53 Å². The predicted octanol–water partition coefficient (Wildman–Crippen LogP) is 3.66. The van der Waals surface area contributed by atoms with E-state index in [-0.39, 0.29) is 21.2 Å². The number of carbonyl (C=O) groups is 1. The number of ether oxygens (including phenoxy) is 1. The van der Waals surface area contributed by atoms with Crippen molar-refractivity contribution in [2.24, 2.45) is 0 Å². The SMILES string of the molecule is O=C(Oc1ccccc1)c1c(Cl)nc(Cl)nc1Cl. The van der Waals surface area contributed by atoms with E-state index in [9.17, 15) is 4.79 Å². The minimum atomic E-state index is -0.743. The number of halogens is 3. The van der Waals surface area contributed by atoms with Crippen LogP contribution in [0.4, 0.5) is 0 Å². The predicted molar refractivity (Wildman–Crippen MR) is 68.5 cm³/mol.